The summed E-state index contributed by atoms with van der Waals surface area (Å²) in [6.45, 7) is -0.220. The molecule has 0 spiro atoms. The van der Waals surface area contributed by atoms with Crippen molar-refractivity contribution in [1.29, 1.82) is 0 Å². The summed E-state index contributed by atoms with van der Waals surface area (Å²) in [5.74, 6) is 0. The van der Waals surface area contributed by atoms with E-state index in [0.29, 0.717) is 5.65 Å². The number of aliphatic hydroxyl groups excluding tert-OH is 1. The number of fused-ring (bicyclic) bond motifs is 1. The monoisotopic (exact) mass is 304 g/mol. The number of H-pyrrole nitrogens is 1. The highest BCUT2D eigenvalue weighted by molar-refractivity contribution is 7.51. The minimum Gasteiger partial charge on any atom is -0.389 e. The first kappa shape index (κ1) is 14.8. The molecule has 110 valence electrons. The van der Waals surface area contributed by atoms with Crippen molar-refractivity contribution in [2.75, 3.05) is 13.0 Å². The van der Waals surface area contributed by atoms with Gasteiger partial charge >= 0.3 is 7.60 Å². The molecule has 10 nitrogen and oxygen atoms in total. The number of hydrogen-bond acceptors (Lipinski definition) is 6. The highest BCUT2D eigenvalue weighted by atomic mass is 31.2. The highest BCUT2D eigenvalue weighted by Gasteiger charge is 2.15. The van der Waals surface area contributed by atoms with Crippen LogP contribution >= 0.6 is 7.60 Å². The molecular weight excluding hydrogens is 291 g/mol. The lowest BCUT2D eigenvalue weighted by atomic mass is 10.4. The fourth-order valence-electron chi connectivity index (χ4n) is 1.61. The van der Waals surface area contributed by atoms with Crippen molar-refractivity contribution in [2.24, 2.45) is 0 Å². The molecule has 0 amide bonds. The number of aliphatic hydroxyl groups is 1. The summed E-state index contributed by atoms with van der Waals surface area (Å²) in [5, 5.41) is 9.71. The molecule has 0 aliphatic rings. The standard InChI is InChI=1S/C9H13N4O6P/c14-6(2-19-5-20(16,17)18)1-13-4-12-7-8(13)10-3-11-9(7)15/h3-4,6,14H,1-2,5H2,(H,10,11,15)(H2,16,17,18)/t6-/m0/s1. The lowest BCUT2D eigenvalue weighted by molar-refractivity contribution is 0.0413. The normalized spacial score (nSPS) is 13.8. The molecule has 0 saturated heterocycles. The van der Waals surface area contributed by atoms with E-state index in [1.807, 2.05) is 0 Å². The molecule has 0 unspecified atom stereocenters. The molecule has 0 bridgehead atoms. The van der Waals surface area contributed by atoms with Crippen molar-refractivity contribution >= 4 is 18.8 Å². The Bertz CT molecular complexity index is 691. The fourth-order valence-corrected chi connectivity index (χ4v) is 1.96. The Morgan fingerprint density at radius 1 is 1.45 bits per heavy atom. The van der Waals surface area contributed by atoms with Crippen LogP contribution in [0.2, 0.25) is 0 Å². The van der Waals surface area contributed by atoms with Gasteiger partial charge in [-0.25, -0.2) is 9.97 Å². The molecule has 0 aliphatic carbocycles. The van der Waals surface area contributed by atoms with Gasteiger partial charge in [0.2, 0.25) is 0 Å². The third kappa shape index (κ3) is 3.71. The molecule has 0 radical (unpaired) electrons. The maximum absolute atomic E-state index is 11.4. The van der Waals surface area contributed by atoms with Crippen LogP contribution in [0.1, 0.15) is 0 Å². The van der Waals surface area contributed by atoms with E-state index in [4.69, 9.17) is 14.5 Å². The third-order valence-electron chi connectivity index (χ3n) is 2.38. The molecule has 0 fully saturated rings. The van der Waals surface area contributed by atoms with Gasteiger partial charge in [-0.3, -0.25) is 9.36 Å². The van der Waals surface area contributed by atoms with E-state index in [1.165, 1.54) is 17.2 Å². The SMILES string of the molecule is O=c1[nH]cnc2c1ncn2C[C@H](O)COCP(=O)(O)O. The van der Waals surface area contributed by atoms with Gasteiger partial charge in [-0.15, -0.1) is 0 Å². The molecule has 2 heterocycles. The van der Waals surface area contributed by atoms with Crippen LogP contribution < -0.4 is 5.56 Å². The van der Waals surface area contributed by atoms with Crippen LogP contribution in [0.25, 0.3) is 11.2 Å². The predicted molar refractivity (Wildman–Crippen MR) is 67.0 cm³/mol. The fraction of sp³-hybridized carbons (Fsp3) is 0.444. The first-order valence-electron chi connectivity index (χ1n) is 5.56. The smallest absolute Gasteiger partial charge is 0.350 e. The Morgan fingerprint density at radius 2 is 2.20 bits per heavy atom. The second kappa shape index (κ2) is 5.81. The summed E-state index contributed by atoms with van der Waals surface area (Å²) in [6.07, 6.45) is 0.797. The molecule has 0 aromatic carbocycles. The Morgan fingerprint density at radius 3 is 2.90 bits per heavy atom. The number of nitrogens with one attached hydrogen (secondary N) is 1. The Labute approximate surface area is 112 Å². The minimum atomic E-state index is -4.25. The molecule has 11 heteroatoms. The number of ether oxygens (including phenoxy) is 1. The van der Waals surface area contributed by atoms with Crippen molar-refractivity contribution in [3.63, 3.8) is 0 Å². The van der Waals surface area contributed by atoms with E-state index in [9.17, 15) is 14.5 Å². The van der Waals surface area contributed by atoms with Crippen molar-refractivity contribution in [1.82, 2.24) is 19.5 Å². The van der Waals surface area contributed by atoms with Crippen LogP contribution in [0, 0.1) is 0 Å². The van der Waals surface area contributed by atoms with Crippen molar-refractivity contribution in [2.45, 2.75) is 12.6 Å². The molecule has 2 rings (SSSR count). The quantitative estimate of drug-likeness (QED) is 0.477. The maximum atomic E-state index is 11.4. The number of aromatic nitrogens is 4. The zero-order valence-electron chi connectivity index (χ0n) is 10.2. The van der Waals surface area contributed by atoms with E-state index in [1.54, 1.807) is 0 Å². The minimum absolute atomic E-state index is 0.0358. The summed E-state index contributed by atoms with van der Waals surface area (Å²) in [7, 11) is -4.25. The van der Waals surface area contributed by atoms with E-state index < -0.39 is 20.0 Å². The zero-order valence-corrected chi connectivity index (χ0v) is 11.1. The van der Waals surface area contributed by atoms with Crippen LogP contribution in [-0.2, 0) is 15.8 Å². The molecule has 2 aromatic heterocycles. The number of imidazole rings is 1. The maximum Gasteiger partial charge on any atom is 0.350 e. The first-order chi connectivity index (χ1) is 9.37. The number of hydrogen-bond donors (Lipinski definition) is 4. The van der Waals surface area contributed by atoms with Gasteiger partial charge in [0.15, 0.2) is 11.2 Å². The Kier molecular flexibility index (Phi) is 4.31. The summed E-state index contributed by atoms with van der Waals surface area (Å²) >= 11 is 0. The second-order valence-corrected chi connectivity index (χ2v) is 5.71. The van der Waals surface area contributed by atoms with Gasteiger partial charge in [-0.05, 0) is 0 Å². The topological polar surface area (TPSA) is 151 Å². The van der Waals surface area contributed by atoms with Crippen molar-refractivity contribution in [3.8, 4) is 0 Å². The molecule has 20 heavy (non-hydrogen) atoms. The molecular formula is C9H13N4O6P. The van der Waals surface area contributed by atoms with Crippen LogP contribution in [0.4, 0.5) is 0 Å². The zero-order chi connectivity index (χ0) is 14.8. The molecule has 0 aliphatic heterocycles. The van der Waals surface area contributed by atoms with Gasteiger partial charge in [-0.2, -0.15) is 0 Å². The van der Waals surface area contributed by atoms with E-state index >= 15 is 0 Å². The predicted octanol–water partition coefficient (Wildman–Crippen LogP) is -1.37. The average Bonchev–Trinajstić information content (AvgIpc) is 2.72. The lowest BCUT2D eigenvalue weighted by Crippen LogP contribution is -2.22. The van der Waals surface area contributed by atoms with Crippen LogP contribution in [0.3, 0.4) is 0 Å². The van der Waals surface area contributed by atoms with E-state index in [0.717, 1.165) is 0 Å². The Balaban J connectivity index is 2.00. The van der Waals surface area contributed by atoms with E-state index in [2.05, 4.69) is 15.0 Å². The van der Waals surface area contributed by atoms with Crippen molar-refractivity contribution in [3.05, 3.63) is 23.0 Å². The number of nitrogens with zero attached hydrogens (tertiary/aromatic N) is 3. The average molecular weight is 304 g/mol. The van der Waals surface area contributed by atoms with Gasteiger partial charge in [0, 0.05) is 0 Å². The Hall–Kier alpha value is -1.58. The molecule has 1 atom stereocenters. The van der Waals surface area contributed by atoms with Gasteiger partial charge in [0.1, 0.15) is 6.35 Å². The van der Waals surface area contributed by atoms with Crippen molar-refractivity contribution < 1.29 is 24.2 Å². The number of aromatic amines is 1. The summed E-state index contributed by atoms with van der Waals surface area (Å²) < 4.78 is 16.7. The first-order valence-corrected chi connectivity index (χ1v) is 7.35. The van der Waals surface area contributed by atoms with Gasteiger partial charge in [-0.1, -0.05) is 0 Å². The van der Waals surface area contributed by atoms with Crippen LogP contribution in [0.15, 0.2) is 17.4 Å². The summed E-state index contributed by atoms with van der Waals surface area (Å²) in [4.78, 5) is 38.8. The lowest BCUT2D eigenvalue weighted by Gasteiger charge is -2.12. The largest absolute Gasteiger partial charge is 0.389 e. The van der Waals surface area contributed by atoms with Crippen LogP contribution in [-0.4, -0.2) is 53.5 Å². The molecule has 2 aromatic rings. The van der Waals surface area contributed by atoms with Gasteiger partial charge in [0.25, 0.3) is 5.56 Å². The van der Waals surface area contributed by atoms with E-state index in [-0.39, 0.29) is 24.2 Å². The highest BCUT2D eigenvalue weighted by Crippen LogP contribution is 2.33. The summed E-state index contributed by atoms with van der Waals surface area (Å²) in [5.41, 5.74) is 0.0691. The number of rotatable bonds is 6. The molecule has 0 saturated carbocycles. The summed E-state index contributed by atoms with van der Waals surface area (Å²) in [6, 6.07) is 0. The third-order valence-corrected chi connectivity index (χ3v) is 2.90. The molecule has 4 N–H and O–H groups in total. The second-order valence-electron chi connectivity index (χ2n) is 4.12. The van der Waals surface area contributed by atoms with Gasteiger partial charge in [0.05, 0.1) is 31.9 Å². The van der Waals surface area contributed by atoms with Gasteiger partial charge < -0.3 is 29.2 Å². The van der Waals surface area contributed by atoms with Crippen LogP contribution in [0.5, 0.6) is 0 Å².